The molecule has 144 valence electrons. The zero-order chi connectivity index (χ0) is 19.0. The Morgan fingerprint density at radius 3 is 2.70 bits per heavy atom. The number of rotatable bonds is 4. The first kappa shape index (κ1) is 17.7. The van der Waals surface area contributed by atoms with Crippen LogP contribution < -0.4 is 0 Å². The smallest absolute Gasteiger partial charge is 0.326 e. The predicted octanol–water partition coefficient (Wildman–Crippen LogP) is 1.62. The molecule has 2 fully saturated rings. The van der Waals surface area contributed by atoms with Crippen LogP contribution in [0.1, 0.15) is 32.1 Å². The van der Waals surface area contributed by atoms with Gasteiger partial charge in [0.15, 0.2) is 5.76 Å². The number of nitrogens with zero attached hydrogens (tertiary/aromatic N) is 4. The molecule has 27 heavy (non-hydrogen) atoms. The van der Waals surface area contributed by atoms with Crippen molar-refractivity contribution in [3.63, 3.8) is 0 Å². The molecule has 4 heterocycles. The molecule has 2 saturated heterocycles. The fourth-order valence-corrected chi connectivity index (χ4v) is 4.16. The maximum absolute atomic E-state index is 11.8. The largest absolute Gasteiger partial charge is 0.480 e. The first-order valence-corrected chi connectivity index (χ1v) is 9.04. The van der Waals surface area contributed by atoms with Gasteiger partial charge in [0.05, 0.1) is 12.8 Å². The fourth-order valence-electron chi connectivity index (χ4n) is 4.16. The molecule has 1 atom stereocenters. The van der Waals surface area contributed by atoms with E-state index in [4.69, 9.17) is 8.83 Å². The van der Waals surface area contributed by atoms with Crippen LogP contribution in [0.2, 0.25) is 0 Å². The lowest BCUT2D eigenvalue weighted by Gasteiger charge is -2.38. The van der Waals surface area contributed by atoms with Crippen molar-refractivity contribution in [3.05, 3.63) is 24.3 Å². The highest BCUT2D eigenvalue weighted by molar-refractivity contribution is 5.83. The van der Waals surface area contributed by atoms with Crippen molar-refractivity contribution in [3.8, 4) is 11.7 Å². The van der Waals surface area contributed by atoms with Gasteiger partial charge in [-0.15, -0.1) is 10.2 Å². The number of aromatic nitrogens is 2. The minimum absolute atomic E-state index is 0.112. The summed E-state index contributed by atoms with van der Waals surface area (Å²) in [6.07, 6.45) is 3.78. The molecule has 1 spiro atoms. The molecule has 2 aliphatic heterocycles. The molecule has 9 nitrogen and oxygen atoms in total. The summed E-state index contributed by atoms with van der Waals surface area (Å²) in [6, 6.07) is 2.82. The fraction of sp³-hybridized carbons (Fsp3) is 0.556. The number of piperidine rings is 1. The topological polar surface area (TPSA) is 113 Å². The van der Waals surface area contributed by atoms with Gasteiger partial charge in [0.1, 0.15) is 6.04 Å². The molecule has 1 amide bonds. The second-order valence-electron chi connectivity index (χ2n) is 7.46. The monoisotopic (exact) mass is 374 g/mol. The highest BCUT2D eigenvalue weighted by atomic mass is 16.4. The van der Waals surface area contributed by atoms with E-state index in [1.54, 1.807) is 18.4 Å². The first-order chi connectivity index (χ1) is 13.0. The van der Waals surface area contributed by atoms with Gasteiger partial charge < -0.3 is 18.8 Å². The van der Waals surface area contributed by atoms with Gasteiger partial charge in [0.25, 0.3) is 5.89 Å². The van der Waals surface area contributed by atoms with E-state index in [1.165, 1.54) is 11.8 Å². The highest BCUT2D eigenvalue weighted by Crippen LogP contribution is 2.43. The minimum Gasteiger partial charge on any atom is -0.480 e. The second-order valence-corrected chi connectivity index (χ2v) is 7.46. The van der Waals surface area contributed by atoms with Gasteiger partial charge in [-0.05, 0) is 49.9 Å². The van der Waals surface area contributed by atoms with Crippen molar-refractivity contribution in [1.82, 2.24) is 20.0 Å². The molecular weight excluding hydrogens is 352 g/mol. The maximum atomic E-state index is 11.8. The molecule has 0 aliphatic carbocycles. The van der Waals surface area contributed by atoms with Crippen molar-refractivity contribution in [2.45, 2.75) is 38.8 Å². The van der Waals surface area contributed by atoms with Crippen molar-refractivity contribution >= 4 is 11.9 Å². The van der Waals surface area contributed by atoms with Gasteiger partial charge in [-0.25, -0.2) is 4.79 Å². The van der Waals surface area contributed by atoms with Crippen LogP contribution in [0.15, 0.2) is 27.2 Å². The number of hydrogen-bond donors (Lipinski definition) is 1. The Balaban J connectivity index is 1.37. The standard InChI is InChI=1S/C18H22N4O5/c1-12(23)22-11-18(9-13(22)17(24)25)4-6-21(7-5-18)10-15-19-20-16(27-15)14-3-2-8-26-14/h2-3,8,13H,4-7,9-11H2,1H3,(H,24,25). The molecule has 4 rings (SSSR count). The molecule has 2 aromatic rings. The number of carbonyl (C=O) groups excluding carboxylic acids is 1. The van der Waals surface area contributed by atoms with E-state index < -0.39 is 12.0 Å². The van der Waals surface area contributed by atoms with E-state index in [9.17, 15) is 14.7 Å². The summed E-state index contributed by atoms with van der Waals surface area (Å²) in [7, 11) is 0. The Labute approximate surface area is 155 Å². The van der Waals surface area contributed by atoms with E-state index in [1.807, 2.05) is 0 Å². The predicted molar refractivity (Wildman–Crippen MR) is 92.4 cm³/mol. The van der Waals surface area contributed by atoms with Crippen molar-refractivity contribution in [1.29, 1.82) is 0 Å². The third-order valence-corrected chi connectivity index (χ3v) is 5.67. The summed E-state index contributed by atoms with van der Waals surface area (Å²) in [5.41, 5.74) is -0.112. The quantitative estimate of drug-likeness (QED) is 0.859. The molecule has 0 radical (unpaired) electrons. The van der Waals surface area contributed by atoms with Crippen LogP contribution >= 0.6 is 0 Å². The minimum atomic E-state index is -0.916. The van der Waals surface area contributed by atoms with Crippen molar-refractivity contribution in [2.24, 2.45) is 5.41 Å². The van der Waals surface area contributed by atoms with Crippen molar-refractivity contribution in [2.75, 3.05) is 19.6 Å². The number of furan rings is 1. The summed E-state index contributed by atoms with van der Waals surface area (Å²) in [5.74, 6) is 0.346. The number of amides is 1. The van der Waals surface area contributed by atoms with Crippen LogP contribution in [0.4, 0.5) is 0 Å². The third-order valence-electron chi connectivity index (χ3n) is 5.67. The molecule has 2 aliphatic rings. The van der Waals surface area contributed by atoms with Crippen LogP contribution in [-0.2, 0) is 16.1 Å². The number of aliphatic carboxylic acids is 1. The zero-order valence-corrected chi connectivity index (χ0v) is 15.1. The Hall–Kier alpha value is -2.68. The van der Waals surface area contributed by atoms with Crippen LogP contribution in [0.25, 0.3) is 11.7 Å². The lowest BCUT2D eigenvalue weighted by molar-refractivity contribution is -0.147. The van der Waals surface area contributed by atoms with Crippen molar-refractivity contribution < 1.29 is 23.5 Å². The molecule has 2 aromatic heterocycles. The van der Waals surface area contributed by atoms with E-state index in [2.05, 4.69) is 15.1 Å². The average Bonchev–Trinajstić information content (AvgIpc) is 3.36. The number of carboxylic acid groups (broad SMARTS) is 1. The SMILES string of the molecule is CC(=O)N1CC2(CCN(Cc3nnc(-c4ccco4)o3)CC2)CC1C(=O)O. The second kappa shape index (κ2) is 6.80. The molecule has 1 N–H and O–H groups in total. The summed E-state index contributed by atoms with van der Waals surface area (Å²) in [6.45, 7) is 4.11. The van der Waals surface area contributed by atoms with E-state index in [0.29, 0.717) is 37.1 Å². The van der Waals surface area contributed by atoms with Crippen LogP contribution in [0.5, 0.6) is 0 Å². The van der Waals surface area contributed by atoms with Crippen LogP contribution in [0, 0.1) is 5.41 Å². The molecule has 0 aromatic carbocycles. The van der Waals surface area contributed by atoms with Gasteiger partial charge in [-0.3, -0.25) is 9.69 Å². The molecular formula is C18H22N4O5. The first-order valence-electron chi connectivity index (χ1n) is 9.04. The number of carbonyl (C=O) groups is 2. The number of hydrogen-bond acceptors (Lipinski definition) is 7. The summed E-state index contributed by atoms with van der Waals surface area (Å²) < 4.78 is 10.9. The van der Waals surface area contributed by atoms with E-state index in [-0.39, 0.29) is 11.3 Å². The van der Waals surface area contributed by atoms with E-state index >= 15 is 0 Å². The lowest BCUT2D eigenvalue weighted by atomic mass is 9.76. The summed E-state index contributed by atoms with van der Waals surface area (Å²) in [5, 5.41) is 17.5. The Bertz CT molecular complexity index is 799. The normalized spacial score (nSPS) is 22.4. The van der Waals surface area contributed by atoms with Gasteiger partial charge in [0, 0.05) is 13.5 Å². The Morgan fingerprint density at radius 2 is 2.11 bits per heavy atom. The maximum Gasteiger partial charge on any atom is 0.326 e. The Kier molecular flexibility index (Phi) is 4.47. The molecule has 1 unspecified atom stereocenters. The lowest BCUT2D eigenvalue weighted by Crippen LogP contribution is -2.42. The van der Waals surface area contributed by atoms with Gasteiger partial charge in [0.2, 0.25) is 11.8 Å². The van der Waals surface area contributed by atoms with Gasteiger partial charge in [-0.1, -0.05) is 0 Å². The van der Waals surface area contributed by atoms with Crippen LogP contribution in [-0.4, -0.2) is 62.7 Å². The summed E-state index contributed by atoms with van der Waals surface area (Å²) >= 11 is 0. The summed E-state index contributed by atoms with van der Waals surface area (Å²) in [4.78, 5) is 27.0. The zero-order valence-electron chi connectivity index (χ0n) is 15.1. The highest BCUT2D eigenvalue weighted by Gasteiger charge is 2.49. The van der Waals surface area contributed by atoms with Crippen LogP contribution in [0.3, 0.4) is 0 Å². The molecule has 0 saturated carbocycles. The van der Waals surface area contributed by atoms with Gasteiger partial charge in [-0.2, -0.15) is 0 Å². The molecule has 0 bridgehead atoms. The number of carboxylic acids is 1. The van der Waals surface area contributed by atoms with E-state index in [0.717, 1.165) is 25.9 Å². The third kappa shape index (κ3) is 3.46. The average molecular weight is 374 g/mol. The van der Waals surface area contributed by atoms with Gasteiger partial charge >= 0.3 is 5.97 Å². The molecule has 9 heteroatoms. The number of likely N-dealkylation sites (tertiary alicyclic amines) is 2. The Morgan fingerprint density at radius 1 is 1.33 bits per heavy atom.